The summed E-state index contributed by atoms with van der Waals surface area (Å²) >= 11 is 0. The van der Waals surface area contributed by atoms with Crippen LogP contribution in [-0.4, -0.2) is 55.2 Å². The maximum absolute atomic E-state index is 13.1. The van der Waals surface area contributed by atoms with Crippen molar-refractivity contribution in [1.29, 1.82) is 0 Å². The quantitative estimate of drug-likeness (QED) is 0.841. The van der Waals surface area contributed by atoms with Gasteiger partial charge in [0.25, 0.3) is 0 Å². The number of hydrogen-bond acceptors (Lipinski definition) is 3. The van der Waals surface area contributed by atoms with E-state index in [1.54, 1.807) is 6.07 Å². The second-order valence-electron chi connectivity index (χ2n) is 5.79. The minimum Gasteiger partial charge on any atom is -0.492 e. The summed E-state index contributed by atoms with van der Waals surface area (Å²) in [5, 5.41) is 0. The standard InChI is InChI=1S/C16H23FN2O/c17-14-4-1-6-16(12-14)20-11-10-18-7-3-9-19-8-2-5-15(19)13-18/h1,4,6,12,15H,2-3,5,7-11,13H2. The number of ether oxygens (including phenoxy) is 1. The molecule has 0 spiro atoms. The molecule has 0 bridgehead atoms. The van der Waals surface area contributed by atoms with Gasteiger partial charge in [0.2, 0.25) is 0 Å². The molecule has 0 amide bonds. The lowest BCUT2D eigenvalue weighted by Crippen LogP contribution is -2.38. The Hall–Kier alpha value is -1.13. The zero-order valence-electron chi connectivity index (χ0n) is 11.9. The first kappa shape index (κ1) is 13.8. The van der Waals surface area contributed by atoms with Crippen molar-refractivity contribution in [2.24, 2.45) is 0 Å². The van der Waals surface area contributed by atoms with Crippen LogP contribution in [0.15, 0.2) is 24.3 Å². The lowest BCUT2D eigenvalue weighted by Gasteiger charge is -2.25. The molecule has 0 aliphatic carbocycles. The Bertz CT molecular complexity index is 440. The second kappa shape index (κ2) is 6.55. The summed E-state index contributed by atoms with van der Waals surface area (Å²) in [5.41, 5.74) is 0. The Labute approximate surface area is 120 Å². The Balaban J connectivity index is 1.46. The van der Waals surface area contributed by atoms with Crippen molar-refractivity contribution < 1.29 is 9.13 Å². The van der Waals surface area contributed by atoms with E-state index < -0.39 is 0 Å². The molecule has 1 aromatic carbocycles. The van der Waals surface area contributed by atoms with E-state index in [1.807, 2.05) is 6.07 Å². The fourth-order valence-corrected chi connectivity index (χ4v) is 3.34. The zero-order chi connectivity index (χ0) is 13.8. The van der Waals surface area contributed by atoms with Crippen LogP contribution >= 0.6 is 0 Å². The first-order valence-corrected chi connectivity index (χ1v) is 7.66. The van der Waals surface area contributed by atoms with Crippen molar-refractivity contribution >= 4 is 0 Å². The third-order valence-electron chi connectivity index (χ3n) is 4.36. The third-order valence-corrected chi connectivity index (χ3v) is 4.36. The van der Waals surface area contributed by atoms with E-state index >= 15 is 0 Å². The highest BCUT2D eigenvalue weighted by molar-refractivity contribution is 5.22. The molecule has 0 N–H and O–H groups in total. The number of fused-ring (bicyclic) bond motifs is 1. The number of rotatable bonds is 4. The Morgan fingerprint density at radius 1 is 1.20 bits per heavy atom. The number of benzene rings is 1. The van der Waals surface area contributed by atoms with E-state index in [4.69, 9.17) is 4.74 Å². The highest BCUT2D eigenvalue weighted by Crippen LogP contribution is 2.21. The van der Waals surface area contributed by atoms with Crippen LogP contribution < -0.4 is 4.74 Å². The van der Waals surface area contributed by atoms with Crippen molar-refractivity contribution in [2.45, 2.75) is 25.3 Å². The topological polar surface area (TPSA) is 15.7 Å². The normalized spacial score (nSPS) is 24.4. The zero-order valence-corrected chi connectivity index (χ0v) is 11.9. The average molecular weight is 278 g/mol. The van der Waals surface area contributed by atoms with Crippen LogP contribution in [0.3, 0.4) is 0 Å². The molecule has 2 aliphatic rings. The van der Waals surface area contributed by atoms with E-state index in [0.29, 0.717) is 12.4 Å². The van der Waals surface area contributed by atoms with Gasteiger partial charge >= 0.3 is 0 Å². The molecule has 4 heteroatoms. The summed E-state index contributed by atoms with van der Waals surface area (Å²) < 4.78 is 18.7. The lowest BCUT2D eigenvalue weighted by atomic mass is 10.2. The molecule has 2 fully saturated rings. The van der Waals surface area contributed by atoms with E-state index in [2.05, 4.69) is 9.80 Å². The van der Waals surface area contributed by atoms with Gasteiger partial charge in [-0.2, -0.15) is 0 Å². The molecule has 0 aromatic heterocycles. The minimum absolute atomic E-state index is 0.237. The molecule has 2 heterocycles. The Morgan fingerprint density at radius 2 is 2.10 bits per heavy atom. The minimum atomic E-state index is -0.237. The summed E-state index contributed by atoms with van der Waals surface area (Å²) in [7, 11) is 0. The third kappa shape index (κ3) is 3.49. The highest BCUT2D eigenvalue weighted by Gasteiger charge is 2.28. The smallest absolute Gasteiger partial charge is 0.126 e. The number of nitrogens with zero attached hydrogens (tertiary/aromatic N) is 2. The summed E-state index contributed by atoms with van der Waals surface area (Å²) in [4.78, 5) is 5.13. The predicted octanol–water partition coefficient (Wildman–Crippen LogP) is 2.37. The van der Waals surface area contributed by atoms with E-state index in [0.717, 1.165) is 25.7 Å². The maximum atomic E-state index is 13.1. The van der Waals surface area contributed by atoms with Crippen molar-refractivity contribution in [3.63, 3.8) is 0 Å². The second-order valence-corrected chi connectivity index (χ2v) is 5.79. The molecule has 20 heavy (non-hydrogen) atoms. The molecular formula is C16H23FN2O. The van der Waals surface area contributed by atoms with Crippen molar-refractivity contribution in [3.05, 3.63) is 30.1 Å². The van der Waals surface area contributed by atoms with Gasteiger partial charge in [0.05, 0.1) is 0 Å². The molecule has 1 atom stereocenters. The fourth-order valence-electron chi connectivity index (χ4n) is 3.34. The number of halogens is 1. The fraction of sp³-hybridized carbons (Fsp3) is 0.625. The van der Waals surface area contributed by atoms with Gasteiger partial charge in [-0.1, -0.05) is 6.07 Å². The van der Waals surface area contributed by atoms with E-state index in [-0.39, 0.29) is 5.82 Å². The van der Waals surface area contributed by atoms with Crippen LogP contribution in [0.25, 0.3) is 0 Å². The molecule has 1 aromatic rings. The monoisotopic (exact) mass is 278 g/mol. The molecule has 2 aliphatic heterocycles. The molecule has 2 saturated heterocycles. The Kier molecular flexibility index (Phi) is 4.53. The van der Waals surface area contributed by atoms with Gasteiger partial charge in [0, 0.05) is 25.2 Å². The average Bonchev–Trinajstić information content (AvgIpc) is 2.78. The molecule has 0 saturated carbocycles. The van der Waals surface area contributed by atoms with Gasteiger partial charge in [-0.05, 0) is 51.0 Å². The Morgan fingerprint density at radius 3 is 3.00 bits per heavy atom. The molecular weight excluding hydrogens is 255 g/mol. The van der Waals surface area contributed by atoms with Gasteiger partial charge in [-0.25, -0.2) is 4.39 Å². The van der Waals surface area contributed by atoms with Gasteiger partial charge in [0.1, 0.15) is 18.2 Å². The van der Waals surface area contributed by atoms with Crippen LogP contribution in [0.2, 0.25) is 0 Å². The van der Waals surface area contributed by atoms with E-state index in [9.17, 15) is 4.39 Å². The van der Waals surface area contributed by atoms with Crippen molar-refractivity contribution in [2.75, 3.05) is 39.3 Å². The number of hydrogen-bond donors (Lipinski definition) is 0. The van der Waals surface area contributed by atoms with Gasteiger partial charge in [0.15, 0.2) is 0 Å². The van der Waals surface area contributed by atoms with Crippen LogP contribution in [0.4, 0.5) is 4.39 Å². The summed E-state index contributed by atoms with van der Waals surface area (Å²) in [5.74, 6) is 0.390. The largest absolute Gasteiger partial charge is 0.492 e. The summed E-state index contributed by atoms with van der Waals surface area (Å²) in [6.45, 7) is 6.40. The van der Waals surface area contributed by atoms with Gasteiger partial charge in [-0.3, -0.25) is 9.80 Å². The highest BCUT2D eigenvalue weighted by atomic mass is 19.1. The van der Waals surface area contributed by atoms with Crippen LogP contribution in [-0.2, 0) is 0 Å². The molecule has 1 unspecified atom stereocenters. The van der Waals surface area contributed by atoms with Crippen molar-refractivity contribution in [1.82, 2.24) is 9.80 Å². The molecule has 3 rings (SSSR count). The SMILES string of the molecule is Fc1cccc(OCCN2CCCN3CCCC3C2)c1. The van der Waals surface area contributed by atoms with Crippen LogP contribution in [0, 0.1) is 5.82 Å². The first-order valence-electron chi connectivity index (χ1n) is 7.66. The predicted molar refractivity (Wildman–Crippen MR) is 77.5 cm³/mol. The maximum Gasteiger partial charge on any atom is 0.126 e. The van der Waals surface area contributed by atoms with E-state index in [1.165, 1.54) is 44.5 Å². The lowest BCUT2D eigenvalue weighted by molar-refractivity contribution is 0.188. The molecule has 110 valence electrons. The molecule has 0 radical (unpaired) electrons. The van der Waals surface area contributed by atoms with Crippen LogP contribution in [0.5, 0.6) is 5.75 Å². The summed E-state index contributed by atoms with van der Waals surface area (Å²) in [6.07, 6.45) is 3.93. The van der Waals surface area contributed by atoms with Crippen molar-refractivity contribution in [3.8, 4) is 5.75 Å². The molecule has 3 nitrogen and oxygen atoms in total. The van der Waals surface area contributed by atoms with Crippen LogP contribution in [0.1, 0.15) is 19.3 Å². The first-order chi connectivity index (χ1) is 9.81. The summed E-state index contributed by atoms with van der Waals surface area (Å²) in [6, 6.07) is 7.13. The van der Waals surface area contributed by atoms with Gasteiger partial charge < -0.3 is 4.74 Å². The van der Waals surface area contributed by atoms with Gasteiger partial charge in [-0.15, -0.1) is 0 Å².